The molecule has 2 N–H and O–H groups in total. The van der Waals surface area contributed by atoms with Crippen LogP contribution in [0.2, 0.25) is 0 Å². The molecule has 0 unspecified atom stereocenters. The minimum Gasteiger partial charge on any atom is -0.493 e. The minimum absolute atomic E-state index is 0.326. The van der Waals surface area contributed by atoms with Gasteiger partial charge in [-0.05, 0) is 13.8 Å². The van der Waals surface area contributed by atoms with Gasteiger partial charge in [-0.15, -0.1) is 0 Å². The monoisotopic (exact) mass is 180 g/mol. The van der Waals surface area contributed by atoms with E-state index in [1.54, 1.807) is 6.07 Å². The minimum atomic E-state index is -0.518. The zero-order chi connectivity index (χ0) is 9.84. The van der Waals surface area contributed by atoms with E-state index >= 15 is 0 Å². The first-order valence-corrected chi connectivity index (χ1v) is 4.04. The lowest BCUT2D eigenvalue weighted by Gasteiger charge is -2.07. The van der Waals surface area contributed by atoms with E-state index in [4.69, 9.17) is 10.5 Å². The number of nitrogens with zero attached hydrogens (tertiary/aromatic N) is 1. The summed E-state index contributed by atoms with van der Waals surface area (Å²) in [5, 5.41) is 0. The Morgan fingerprint density at radius 3 is 2.92 bits per heavy atom. The van der Waals surface area contributed by atoms with Crippen molar-refractivity contribution in [2.24, 2.45) is 5.73 Å². The number of hydrogen-bond donors (Lipinski definition) is 1. The highest BCUT2D eigenvalue weighted by Crippen LogP contribution is 2.17. The van der Waals surface area contributed by atoms with Crippen LogP contribution in [0.1, 0.15) is 23.0 Å². The van der Waals surface area contributed by atoms with Gasteiger partial charge in [0.05, 0.1) is 12.2 Å². The Morgan fingerprint density at radius 1 is 1.69 bits per heavy atom. The molecule has 70 valence electrons. The van der Waals surface area contributed by atoms with Crippen molar-refractivity contribution >= 4 is 5.91 Å². The van der Waals surface area contributed by atoms with E-state index in [-0.39, 0.29) is 0 Å². The van der Waals surface area contributed by atoms with Gasteiger partial charge in [0.2, 0.25) is 0 Å². The molecule has 1 aromatic rings. The number of carbonyl (C=O) groups excluding carboxylic acids is 1. The lowest BCUT2D eigenvalue weighted by molar-refractivity contribution is 0.0996. The second kappa shape index (κ2) is 3.89. The summed E-state index contributed by atoms with van der Waals surface area (Å²) in [5.74, 6) is -0.0153. The number of hydrogen-bond acceptors (Lipinski definition) is 3. The lowest BCUT2D eigenvalue weighted by atomic mass is 10.2. The quantitative estimate of drug-likeness (QED) is 0.751. The third-order valence-electron chi connectivity index (χ3n) is 1.57. The zero-order valence-electron chi connectivity index (χ0n) is 7.70. The van der Waals surface area contributed by atoms with Crippen molar-refractivity contribution < 1.29 is 9.53 Å². The second-order valence-corrected chi connectivity index (χ2v) is 2.62. The first-order chi connectivity index (χ1) is 6.15. The number of aryl methyl sites for hydroxylation is 1. The molecular formula is C9H12N2O2. The number of ether oxygens (including phenoxy) is 1. The highest BCUT2D eigenvalue weighted by atomic mass is 16.5. The maximum Gasteiger partial charge on any atom is 0.254 e. The van der Waals surface area contributed by atoms with E-state index < -0.39 is 5.91 Å². The fraction of sp³-hybridized carbons (Fsp3) is 0.333. The van der Waals surface area contributed by atoms with E-state index in [0.717, 1.165) is 5.69 Å². The first kappa shape index (κ1) is 9.51. The molecule has 0 bridgehead atoms. The van der Waals surface area contributed by atoms with Gasteiger partial charge < -0.3 is 10.5 Å². The molecule has 4 nitrogen and oxygen atoms in total. The molecule has 0 fully saturated rings. The number of aromatic nitrogens is 1. The second-order valence-electron chi connectivity index (χ2n) is 2.62. The Bertz CT molecular complexity index is 323. The fourth-order valence-electron chi connectivity index (χ4n) is 0.995. The van der Waals surface area contributed by atoms with Crippen LogP contribution in [0, 0.1) is 6.92 Å². The van der Waals surface area contributed by atoms with E-state index in [0.29, 0.717) is 17.9 Å². The maximum atomic E-state index is 10.9. The summed E-state index contributed by atoms with van der Waals surface area (Å²) in [6.45, 7) is 4.18. The Morgan fingerprint density at radius 2 is 2.38 bits per heavy atom. The van der Waals surface area contributed by atoms with E-state index in [1.807, 2.05) is 13.8 Å². The van der Waals surface area contributed by atoms with E-state index in [2.05, 4.69) is 4.98 Å². The van der Waals surface area contributed by atoms with Crippen molar-refractivity contribution in [1.29, 1.82) is 0 Å². The van der Waals surface area contributed by atoms with Crippen LogP contribution in [0.25, 0.3) is 0 Å². The molecule has 1 aromatic heterocycles. The smallest absolute Gasteiger partial charge is 0.254 e. The molecule has 0 aliphatic rings. The number of rotatable bonds is 3. The standard InChI is InChI=1S/C9H12N2O2/c1-3-13-8-4-6(2)11-5-7(8)9(10)12/h4-5H,3H2,1-2H3,(H2,10,12). The number of carbonyl (C=O) groups is 1. The topological polar surface area (TPSA) is 65.2 Å². The van der Waals surface area contributed by atoms with Gasteiger partial charge in [-0.1, -0.05) is 0 Å². The molecule has 1 heterocycles. The third-order valence-corrected chi connectivity index (χ3v) is 1.57. The molecule has 0 radical (unpaired) electrons. The molecule has 0 aromatic carbocycles. The number of pyridine rings is 1. The third kappa shape index (κ3) is 2.18. The molecule has 1 rings (SSSR count). The van der Waals surface area contributed by atoms with Gasteiger partial charge in [0.1, 0.15) is 5.75 Å². The summed E-state index contributed by atoms with van der Waals surface area (Å²) in [6.07, 6.45) is 1.43. The van der Waals surface area contributed by atoms with Gasteiger partial charge >= 0.3 is 0 Å². The van der Waals surface area contributed by atoms with Crippen molar-refractivity contribution in [3.63, 3.8) is 0 Å². The molecule has 0 saturated carbocycles. The van der Waals surface area contributed by atoms with Crippen LogP contribution in [0.4, 0.5) is 0 Å². The average molecular weight is 180 g/mol. The lowest BCUT2D eigenvalue weighted by Crippen LogP contribution is -2.13. The highest BCUT2D eigenvalue weighted by molar-refractivity contribution is 5.95. The fourth-order valence-corrected chi connectivity index (χ4v) is 0.995. The van der Waals surface area contributed by atoms with Crippen LogP contribution in [-0.2, 0) is 0 Å². The summed E-state index contributed by atoms with van der Waals surface area (Å²) in [5.41, 5.74) is 6.26. The largest absolute Gasteiger partial charge is 0.493 e. The molecule has 4 heteroatoms. The number of primary amides is 1. The normalized spacial score (nSPS) is 9.69. The number of amides is 1. The van der Waals surface area contributed by atoms with Gasteiger partial charge in [-0.3, -0.25) is 9.78 Å². The Kier molecular flexibility index (Phi) is 2.84. The maximum absolute atomic E-state index is 10.9. The molecule has 0 spiro atoms. The van der Waals surface area contributed by atoms with Crippen molar-refractivity contribution in [2.75, 3.05) is 6.61 Å². The van der Waals surface area contributed by atoms with Gasteiger partial charge in [0, 0.05) is 18.0 Å². The van der Waals surface area contributed by atoms with Crippen LogP contribution < -0.4 is 10.5 Å². The van der Waals surface area contributed by atoms with Crippen LogP contribution in [-0.4, -0.2) is 17.5 Å². The Balaban J connectivity index is 3.10. The summed E-state index contributed by atoms with van der Waals surface area (Å²) in [4.78, 5) is 14.9. The molecule has 13 heavy (non-hydrogen) atoms. The van der Waals surface area contributed by atoms with Crippen LogP contribution in [0.5, 0.6) is 5.75 Å². The summed E-state index contributed by atoms with van der Waals surface area (Å²) >= 11 is 0. The summed E-state index contributed by atoms with van der Waals surface area (Å²) in [7, 11) is 0. The molecule has 1 amide bonds. The molecule has 0 aliphatic carbocycles. The Hall–Kier alpha value is -1.58. The van der Waals surface area contributed by atoms with Crippen LogP contribution >= 0.6 is 0 Å². The zero-order valence-corrected chi connectivity index (χ0v) is 7.70. The van der Waals surface area contributed by atoms with Crippen molar-refractivity contribution in [3.05, 3.63) is 23.5 Å². The van der Waals surface area contributed by atoms with Crippen molar-refractivity contribution in [3.8, 4) is 5.75 Å². The Labute approximate surface area is 76.7 Å². The van der Waals surface area contributed by atoms with Gasteiger partial charge in [0.25, 0.3) is 5.91 Å². The van der Waals surface area contributed by atoms with Gasteiger partial charge in [0.15, 0.2) is 0 Å². The summed E-state index contributed by atoms with van der Waals surface area (Å²) < 4.78 is 5.24. The SMILES string of the molecule is CCOc1cc(C)ncc1C(N)=O. The molecular weight excluding hydrogens is 168 g/mol. The van der Waals surface area contributed by atoms with Crippen LogP contribution in [0.3, 0.4) is 0 Å². The van der Waals surface area contributed by atoms with Crippen LogP contribution in [0.15, 0.2) is 12.3 Å². The average Bonchev–Trinajstić information content (AvgIpc) is 2.04. The predicted molar refractivity (Wildman–Crippen MR) is 48.7 cm³/mol. The van der Waals surface area contributed by atoms with E-state index in [9.17, 15) is 4.79 Å². The van der Waals surface area contributed by atoms with Crippen molar-refractivity contribution in [2.45, 2.75) is 13.8 Å². The van der Waals surface area contributed by atoms with Gasteiger partial charge in [-0.25, -0.2) is 0 Å². The summed E-state index contributed by atoms with van der Waals surface area (Å²) in [6, 6.07) is 1.70. The molecule has 0 saturated heterocycles. The molecule has 0 atom stereocenters. The van der Waals surface area contributed by atoms with Crippen molar-refractivity contribution in [1.82, 2.24) is 4.98 Å². The highest BCUT2D eigenvalue weighted by Gasteiger charge is 2.09. The van der Waals surface area contributed by atoms with E-state index in [1.165, 1.54) is 6.20 Å². The number of nitrogens with two attached hydrogens (primary N) is 1. The molecule has 0 aliphatic heterocycles. The predicted octanol–water partition coefficient (Wildman–Crippen LogP) is 0.888. The van der Waals surface area contributed by atoms with Gasteiger partial charge in [-0.2, -0.15) is 0 Å². The first-order valence-electron chi connectivity index (χ1n) is 4.04.